The molecule has 0 bridgehead atoms. The van der Waals surface area contributed by atoms with E-state index in [4.69, 9.17) is 30.5 Å². The molecular formula is C17H13ClO5. The van der Waals surface area contributed by atoms with Gasteiger partial charge in [-0.15, -0.1) is 0 Å². The molecule has 6 heteroatoms. The van der Waals surface area contributed by atoms with Gasteiger partial charge >= 0.3 is 5.97 Å². The second-order valence-electron chi connectivity index (χ2n) is 4.64. The molecule has 1 aliphatic heterocycles. The number of halogens is 1. The summed E-state index contributed by atoms with van der Waals surface area (Å²) in [6.45, 7) is 0.137. The summed E-state index contributed by atoms with van der Waals surface area (Å²) in [5.41, 5.74) is 0.705. The second kappa shape index (κ2) is 6.62. The van der Waals surface area contributed by atoms with Crippen molar-refractivity contribution in [2.24, 2.45) is 0 Å². The summed E-state index contributed by atoms with van der Waals surface area (Å²) in [6.07, 6.45) is 2.89. The predicted octanol–water partition coefficient (Wildman–Crippen LogP) is 3.70. The molecule has 0 saturated carbocycles. The lowest BCUT2D eigenvalue weighted by molar-refractivity contribution is -0.129. The summed E-state index contributed by atoms with van der Waals surface area (Å²) in [6, 6.07) is 10.3. The maximum atomic E-state index is 11.9. The van der Waals surface area contributed by atoms with Gasteiger partial charge in [0.1, 0.15) is 0 Å². The van der Waals surface area contributed by atoms with Gasteiger partial charge in [0.2, 0.25) is 6.79 Å². The smallest absolute Gasteiger partial charge is 0.336 e. The van der Waals surface area contributed by atoms with Crippen LogP contribution in [0.1, 0.15) is 5.56 Å². The Labute approximate surface area is 138 Å². The highest BCUT2D eigenvalue weighted by atomic mass is 35.5. The number of hydrogen-bond donors (Lipinski definition) is 0. The standard InChI is InChI=1S/C17H13ClO5/c1-20-13-4-2-3-5-14(13)23-16(19)7-6-11-8-12(18)17-15(9-11)21-10-22-17/h2-9H,10H2,1H3/b7-6+. The molecule has 0 saturated heterocycles. The van der Waals surface area contributed by atoms with Crippen molar-refractivity contribution in [3.8, 4) is 23.0 Å². The zero-order chi connectivity index (χ0) is 16.2. The summed E-state index contributed by atoms with van der Waals surface area (Å²) in [5, 5.41) is 0.428. The molecule has 0 fully saturated rings. The van der Waals surface area contributed by atoms with Gasteiger partial charge in [0, 0.05) is 6.08 Å². The van der Waals surface area contributed by atoms with E-state index >= 15 is 0 Å². The van der Waals surface area contributed by atoms with Crippen LogP contribution < -0.4 is 18.9 Å². The molecule has 1 aliphatic rings. The van der Waals surface area contributed by atoms with E-state index < -0.39 is 5.97 Å². The first-order valence-electron chi connectivity index (χ1n) is 6.79. The highest BCUT2D eigenvalue weighted by Crippen LogP contribution is 2.40. The van der Waals surface area contributed by atoms with Gasteiger partial charge in [-0.25, -0.2) is 4.79 Å². The monoisotopic (exact) mass is 332 g/mol. The zero-order valence-electron chi connectivity index (χ0n) is 12.2. The molecule has 0 amide bonds. The van der Waals surface area contributed by atoms with Crippen LogP contribution in [-0.2, 0) is 4.79 Å². The molecule has 0 aliphatic carbocycles. The highest BCUT2D eigenvalue weighted by Gasteiger charge is 2.17. The Hall–Kier alpha value is -2.66. The van der Waals surface area contributed by atoms with Crippen LogP contribution >= 0.6 is 11.6 Å². The molecule has 1 heterocycles. The quantitative estimate of drug-likeness (QED) is 0.485. The van der Waals surface area contributed by atoms with E-state index in [1.807, 2.05) is 0 Å². The van der Waals surface area contributed by atoms with Gasteiger partial charge in [-0.1, -0.05) is 23.7 Å². The van der Waals surface area contributed by atoms with Crippen molar-refractivity contribution in [1.82, 2.24) is 0 Å². The average Bonchev–Trinajstić information content (AvgIpc) is 3.02. The Balaban J connectivity index is 1.73. The summed E-state index contributed by atoms with van der Waals surface area (Å²) < 4.78 is 20.9. The van der Waals surface area contributed by atoms with E-state index in [0.29, 0.717) is 33.6 Å². The van der Waals surface area contributed by atoms with E-state index in [1.165, 1.54) is 13.2 Å². The van der Waals surface area contributed by atoms with Crippen molar-refractivity contribution in [3.05, 3.63) is 53.1 Å². The maximum Gasteiger partial charge on any atom is 0.336 e. The van der Waals surface area contributed by atoms with Crippen LogP contribution in [0.3, 0.4) is 0 Å². The maximum absolute atomic E-state index is 11.9. The molecule has 0 atom stereocenters. The van der Waals surface area contributed by atoms with Crippen LogP contribution in [0.5, 0.6) is 23.0 Å². The molecule has 0 spiro atoms. The minimum Gasteiger partial charge on any atom is -0.493 e. The van der Waals surface area contributed by atoms with Crippen LogP contribution in [0.4, 0.5) is 0 Å². The van der Waals surface area contributed by atoms with Crippen molar-refractivity contribution >= 4 is 23.6 Å². The molecular weight excluding hydrogens is 320 g/mol. The van der Waals surface area contributed by atoms with Crippen LogP contribution in [0.25, 0.3) is 6.08 Å². The Kier molecular flexibility index (Phi) is 4.39. The number of carbonyl (C=O) groups excluding carboxylic acids is 1. The molecule has 0 unspecified atom stereocenters. The molecule has 118 valence electrons. The van der Waals surface area contributed by atoms with E-state index in [0.717, 1.165) is 0 Å². The Morgan fingerprint density at radius 1 is 1.22 bits per heavy atom. The number of methoxy groups -OCH3 is 1. The van der Waals surface area contributed by atoms with Crippen molar-refractivity contribution in [1.29, 1.82) is 0 Å². The number of para-hydroxylation sites is 2. The van der Waals surface area contributed by atoms with Gasteiger partial charge in [-0.3, -0.25) is 0 Å². The fourth-order valence-corrected chi connectivity index (χ4v) is 2.37. The van der Waals surface area contributed by atoms with E-state index in [2.05, 4.69) is 0 Å². The SMILES string of the molecule is COc1ccccc1OC(=O)/C=C/c1cc(Cl)c2c(c1)OCO2. The molecule has 23 heavy (non-hydrogen) atoms. The van der Waals surface area contributed by atoms with Gasteiger partial charge in [0.05, 0.1) is 12.1 Å². The number of hydrogen-bond acceptors (Lipinski definition) is 5. The largest absolute Gasteiger partial charge is 0.493 e. The first-order chi connectivity index (χ1) is 11.2. The normalized spacial score (nSPS) is 12.4. The third-order valence-electron chi connectivity index (χ3n) is 3.14. The number of benzene rings is 2. The molecule has 5 nitrogen and oxygen atoms in total. The number of carbonyl (C=O) groups is 1. The summed E-state index contributed by atoms with van der Waals surface area (Å²) in [4.78, 5) is 11.9. The molecule has 2 aromatic rings. The number of esters is 1. The van der Waals surface area contributed by atoms with Gasteiger partial charge < -0.3 is 18.9 Å². The zero-order valence-corrected chi connectivity index (χ0v) is 13.0. The third kappa shape index (κ3) is 3.40. The average molecular weight is 333 g/mol. The van der Waals surface area contributed by atoms with Crippen molar-refractivity contribution in [2.45, 2.75) is 0 Å². The van der Waals surface area contributed by atoms with E-state index in [1.54, 1.807) is 42.5 Å². The number of fused-ring (bicyclic) bond motifs is 1. The lowest BCUT2D eigenvalue weighted by Crippen LogP contribution is -2.04. The van der Waals surface area contributed by atoms with Gasteiger partial charge in [-0.2, -0.15) is 0 Å². The van der Waals surface area contributed by atoms with Crippen LogP contribution in [0.15, 0.2) is 42.5 Å². The number of ether oxygens (including phenoxy) is 4. The third-order valence-corrected chi connectivity index (χ3v) is 3.42. The Morgan fingerprint density at radius 2 is 2.00 bits per heavy atom. The molecule has 0 aromatic heterocycles. The minimum absolute atomic E-state index is 0.137. The molecule has 0 N–H and O–H groups in total. The number of rotatable bonds is 4. The van der Waals surface area contributed by atoms with Crippen LogP contribution in [0, 0.1) is 0 Å². The lowest BCUT2D eigenvalue weighted by atomic mass is 10.2. The van der Waals surface area contributed by atoms with Gasteiger partial charge in [-0.05, 0) is 35.9 Å². The molecule has 0 radical (unpaired) electrons. The first-order valence-corrected chi connectivity index (χ1v) is 7.17. The van der Waals surface area contributed by atoms with Gasteiger partial charge in [0.15, 0.2) is 23.0 Å². The van der Waals surface area contributed by atoms with Gasteiger partial charge in [0.25, 0.3) is 0 Å². The highest BCUT2D eigenvalue weighted by molar-refractivity contribution is 6.32. The Morgan fingerprint density at radius 3 is 2.78 bits per heavy atom. The summed E-state index contributed by atoms with van der Waals surface area (Å²) in [5.74, 6) is 1.38. The molecule has 3 rings (SSSR count). The van der Waals surface area contributed by atoms with Crippen molar-refractivity contribution in [2.75, 3.05) is 13.9 Å². The van der Waals surface area contributed by atoms with Crippen LogP contribution in [-0.4, -0.2) is 19.9 Å². The van der Waals surface area contributed by atoms with E-state index in [-0.39, 0.29) is 6.79 Å². The lowest BCUT2D eigenvalue weighted by Gasteiger charge is -2.06. The minimum atomic E-state index is -0.525. The van der Waals surface area contributed by atoms with Crippen LogP contribution in [0.2, 0.25) is 5.02 Å². The fraction of sp³-hybridized carbons (Fsp3) is 0.118. The van der Waals surface area contributed by atoms with E-state index in [9.17, 15) is 4.79 Å². The van der Waals surface area contributed by atoms with Crippen molar-refractivity contribution < 1.29 is 23.7 Å². The first kappa shape index (κ1) is 15.2. The predicted molar refractivity (Wildman–Crippen MR) is 85.2 cm³/mol. The Bertz CT molecular complexity index is 770. The molecule has 2 aromatic carbocycles. The topological polar surface area (TPSA) is 54.0 Å². The summed E-state index contributed by atoms with van der Waals surface area (Å²) in [7, 11) is 1.51. The van der Waals surface area contributed by atoms with Crippen molar-refractivity contribution in [3.63, 3.8) is 0 Å². The second-order valence-corrected chi connectivity index (χ2v) is 5.05. The summed E-state index contributed by atoms with van der Waals surface area (Å²) >= 11 is 6.09. The fourth-order valence-electron chi connectivity index (χ4n) is 2.09.